The summed E-state index contributed by atoms with van der Waals surface area (Å²) in [4.78, 5) is 32.5. The molecule has 0 spiro atoms. The number of amides is 1. The van der Waals surface area contributed by atoms with Crippen LogP contribution in [0, 0.1) is 6.92 Å². The number of hydrogen-bond donors (Lipinski definition) is 0. The minimum atomic E-state index is -0.182. The summed E-state index contributed by atoms with van der Waals surface area (Å²) in [6, 6.07) is 11.8. The quantitative estimate of drug-likeness (QED) is 0.837. The lowest BCUT2D eigenvalue weighted by atomic mass is 10.2. The van der Waals surface area contributed by atoms with Gasteiger partial charge in [-0.15, -0.1) is 0 Å². The first-order valence-electron chi connectivity index (χ1n) is 8.19. The van der Waals surface area contributed by atoms with Gasteiger partial charge in [0.25, 0.3) is 5.56 Å². The molecule has 0 saturated carbocycles. The van der Waals surface area contributed by atoms with Crippen molar-refractivity contribution in [2.75, 3.05) is 26.2 Å². The van der Waals surface area contributed by atoms with E-state index in [2.05, 4.69) is 22.0 Å². The second kappa shape index (κ2) is 7.40. The molecule has 0 N–H and O–H groups in total. The monoisotopic (exact) mass is 326 g/mol. The molecule has 24 heavy (non-hydrogen) atoms. The molecule has 6 nitrogen and oxygen atoms in total. The smallest absolute Gasteiger partial charge is 0.253 e. The lowest BCUT2D eigenvalue weighted by Crippen LogP contribution is -2.49. The van der Waals surface area contributed by atoms with E-state index in [-0.39, 0.29) is 18.0 Å². The molecule has 1 saturated heterocycles. The van der Waals surface area contributed by atoms with Gasteiger partial charge in [-0.25, -0.2) is 4.98 Å². The molecule has 1 aromatic heterocycles. The van der Waals surface area contributed by atoms with Crippen molar-refractivity contribution in [2.45, 2.75) is 20.0 Å². The van der Waals surface area contributed by atoms with Gasteiger partial charge in [-0.2, -0.15) is 0 Å². The van der Waals surface area contributed by atoms with Gasteiger partial charge in [0.2, 0.25) is 5.91 Å². The fourth-order valence-electron chi connectivity index (χ4n) is 2.88. The Bertz CT molecular complexity index is 749. The predicted octanol–water partition coefficient (Wildman–Crippen LogP) is 0.896. The molecular weight excluding hydrogens is 304 g/mol. The Hall–Kier alpha value is -2.47. The SMILES string of the molecule is Cc1cc(=O)n(CC(=O)N2CCN(Cc3ccccc3)CC2)cn1. The Morgan fingerprint density at radius 1 is 1.12 bits per heavy atom. The van der Waals surface area contributed by atoms with E-state index in [1.54, 1.807) is 6.92 Å². The Morgan fingerprint density at radius 3 is 2.50 bits per heavy atom. The molecular formula is C18H22N4O2. The van der Waals surface area contributed by atoms with E-state index >= 15 is 0 Å². The second-order valence-electron chi connectivity index (χ2n) is 6.14. The third-order valence-corrected chi connectivity index (χ3v) is 4.30. The van der Waals surface area contributed by atoms with E-state index in [1.807, 2.05) is 23.1 Å². The highest BCUT2D eigenvalue weighted by molar-refractivity contribution is 5.76. The lowest BCUT2D eigenvalue weighted by molar-refractivity contribution is -0.133. The van der Waals surface area contributed by atoms with Gasteiger partial charge < -0.3 is 4.90 Å². The minimum Gasteiger partial charge on any atom is -0.339 e. The maximum atomic E-state index is 12.4. The maximum absolute atomic E-state index is 12.4. The van der Waals surface area contributed by atoms with Crippen LogP contribution in [-0.2, 0) is 17.9 Å². The molecule has 1 aliphatic rings. The fourth-order valence-corrected chi connectivity index (χ4v) is 2.88. The van der Waals surface area contributed by atoms with E-state index in [0.717, 1.165) is 19.6 Å². The number of carbonyl (C=O) groups is 1. The zero-order chi connectivity index (χ0) is 16.9. The molecule has 1 fully saturated rings. The number of aryl methyl sites for hydroxylation is 1. The van der Waals surface area contributed by atoms with Crippen molar-refractivity contribution in [1.29, 1.82) is 0 Å². The van der Waals surface area contributed by atoms with Gasteiger partial charge in [-0.05, 0) is 12.5 Å². The third-order valence-electron chi connectivity index (χ3n) is 4.30. The number of carbonyl (C=O) groups excluding carboxylic acids is 1. The number of hydrogen-bond acceptors (Lipinski definition) is 4. The van der Waals surface area contributed by atoms with Gasteiger partial charge in [-0.1, -0.05) is 30.3 Å². The Kier molecular flexibility index (Phi) is 5.05. The normalized spacial score (nSPS) is 15.5. The zero-order valence-electron chi connectivity index (χ0n) is 13.9. The predicted molar refractivity (Wildman–Crippen MR) is 91.5 cm³/mol. The summed E-state index contributed by atoms with van der Waals surface area (Å²) < 4.78 is 1.37. The molecule has 2 aromatic rings. The zero-order valence-corrected chi connectivity index (χ0v) is 13.9. The Balaban J connectivity index is 1.52. The van der Waals surface area contributed by atoms with Crippen LogP contribution < -0.4 is 5.56 Å². The molecule has 6 heteroatoms. The van der Waals surface area contributed by atoms with Crippen molar-refractivity contribution >= 4 is 5.91 Å². The first-order chi connectivity index (χ1) is 11.6. The molecule has 1 amide bonds. The fraction of sp³-hybridized carbons (Fsp3) is 0.389. The van der Waals surface area contributed by atoms with E-state index in [0.29, 0.717) is 18.8 Å². The van der Waals surface area contributed by atoms with Crippen LogP contribution in [0.4, 0.5) is 0 Å². The highest BCUT2D eigenvalue weighted by Gasteiger charge is 2.21. The first kappa shape index (κ1) is 16.4. The molecule has 1 aliphatic heterocycles. The van der Waals surface area contributed by atoms with Gasteiger partial charge in [0.1, 0.15) is 6.54 Å². The highest BCUT2D eigenvalue weighted by atomic mass is 16.2. The van der Waals surface area contributed by atoms with E-state index < -0.39 is 0 Å². The standard InChI is InChI=1S/C18H22N4O2/c1-15-11-17(23)22(14-19-15)13-18(24)21-9-7-20(8-10-21)12-16-5-3-2-4-6-16/h2-6,11,14H,7-10,12-13H2,1H3. The number of piperazine rings is 1. The van der Waals surface area contributed by atoms with Crippen LogP contribution in [0.3, 0.4) is 0 Å². The minimum absolute atomic E-state index is 0.0258. The number of rotatable bonds is 4. The van der Waals surface area contributed by atoms with Crippen LogP contribution in [0.25, 0.3) is 0 Å². The number of nitrogens with zero attached hydrogens (tertiary/aromatic N) is 4. The molecule has 0 aliphatic carbocycles. The van der Waals surface area contributed by atoms with Crippen molar-refractivity contribution in [3.8, 4) is 0 Å². The van der Waals surface area contributed by atoms with E-state index in [9.17, 15) is 9.59 Å². The van der Waals surface area contributed by atoms with Crippen LogP contribution in [-0.4, -0.2) is 51.4 Å². The molecule has 126 valence electrons. The third kappa shape index (κ3) is 4.08. The summed E-state index contributed by atoms with van der Waals surface area (Å²) in [5.74, 6) is -0.0258. The van der Waals surface area contributed by atoms with Crippen molar-refractivity contribution < 1.29 is 4.79 Å². The summed E-state index contributed by atoms with van der Waals surface area (Å²) in [6.07, 6.45) is 1.45. The molecule has 0 bridgehead atoms. The number of aromatic nitrogens is 2. The topological polar surface area (TPSA) is 58.4 Å². The lowest BCUT2D eigenvalue weighted by Gasteiger charge is -2.34. The van der Waals surface area contributed by atoms with Crippen molar-refractivity contribution in [2.24, 2.45) is 0 Å². The average Bonchev–Trinajstić information content (AvgIpc) is 2.59. The van der Waals surface area contributed by atoms with Crippen LogP contribution in [0.1, 0.15) is 11.3 Å². The van der Waals surface area contributed by atoms with Crippen molar-refractivity contribution in [3.63, 3.8) is 0 Å². The van der Waals surface area contributed by atoms with Crippen molar-refractivity contribution in [1.82, 2.24) is 19.4 Å². The summed E-state index contributed by atoms with van der Waals surface area (Å²) in [6.45, 7) is 5.82. The summed E-state index contributed by atoms with van der Waals surface area (Å²) in [7, 11) is 0. The second-order valence-corrected chi connectivity index (χ2v) is 6.14. The summed E-state index contributed by atoms with van der Waals surface area (Å²) in [5, 5.41) is 0. The van der Waals surface area contributed by atoms with Gasteiger partial charge in [-0.3, -0.25) is 19.1 Å². The molecule has 2 heterocycles. The highest BCUT2D eigenvalue weighted by Crippen LogP contribution is 2.08. The van der Waals surface area contributed by atoms with Crippen LogP contribution in [0.2, 0.25) is 0 Å². The summed E-state index contributed by atoms with van der Waals surface area (Å²) in [5.41, 5.74) is 1.77. The molecule has 0 atom stereocenters. The van der Waals surface area contributed by atoms with Gasteiger partial charge in [0, 0.05) is 44.5 Å². The molecule has 0 radical (unpaired) electrons. The molecule has 3 rings (SSSR count). The van der Waals surface area contributed by atoms with Crippen molar-refractivity contribution in [3.05, 3.63) is 64.3 Å². The maximum Gasteiger partial charge on any atom is 0.253 e. The van der Waals surface area contributed by atoms with Gasteiger partial charge >= 0.3 is 0 Å². The number of benzene rings is 1. The van der Waals surface area contributed by atoms with E-state index in [1.165, 1.54) is 22.5 Å². The van der Waals surface area contributed by atoms with Crippen LogP contribution in [0.5, 0.6) is 0 Å². The van der Waals surface area contributed by atoms with Gasteiger partial charge in [0.15, 0.2) is 0 Å². The Morgan fingerprint density at radius 2 is 1.83 bits per heavy atom. The molecule has 1 aromatic carbocycles. The largest absolute Gasteiger partial charge is 0.339 e. The van der Waals surface area contributed by atoms with Crippen LogP contribution >= 0.6 is 0 Å². The molecule has 0 unspecified atom stereocenters. The summed E-state index contributed by atoms with van der Waals surface area (Å²) >= 11 is 0. The van der Waals surface area contributed by atoms with Crippen LogP contribution in [0.15, 0.2) is 47.5 Å². The average molecular weight is 326 g/mol. The Labute approximate surface area is 141 Å². The van der Waals surface area contributed by atoms with E-state index in [4.69, 9.17) is 0 Å². The first-order valence-corrected chi connectivity index (χ1v) is 8.19. The van der Waals surface area contributed by atoms with Gasteiger partial charge in [0.05, 0.1) is 6.33 Å².